The molecule has 1 aromatic rings. The van der Waals surface area contributed by atoms with Gasteiger partial charge in [0, 0.05) is 12.8 Å². The third-order valence-electron chi connectivity index (χ3n) is 5.66. The summed E-state index contributed by atoms with van der Waals surface area (Å²) in [7, 11) is 0. The molecule has 202 valence electrons. The van der Waals surface area contributed by atoms with Crippen LogP contribution in [0.2, 0.25) is 0 Å². The molecular weight excluding hydrogens is 504 g/mol. The molecule has 0 spiro atoms. The Bertz CT molecular complexity index is 857. The van der Waals surface area contributed by atoms with Gasteiger partial charge in [0.05, 0.1) is 11.1 Å². The van der Waals surface area contributed by atoms with Crippen LogP contribution in [0.5, 0.6) is 0 Å². The average molecular weight is 543 g/mol. The molecular formula is C26H38O8S2. The maximum atomic E-state index is 12.0. The van der Waals surface area contributed by atoms with Gasteiger partial charge in [0.1, 0.15) is 0 Å². The molecule has 1 aromatic carbocycles. The van der Waals surface area contributed by atoms with Gasteiger partial charge in [0.25, 0.3) is 0 Å². The molecule has 0 bridgehead atoms. The van der Waals surface area contributed by atoms with Crippen LogP contribution in [0.25, 0.3) is 0 Å². The van der Waals surface area contributed by atoms with Crippen molar-refractivity contribution in [2.75, 3.05) is 23.0 Å². The van der Waals surface area contributed by atoms with E-state index >= 15 is 0 Å². The summed E-state index contributed by atoms with van der Waals surface area (Å²) in [6, 6.07) is 3.14. The standard InChI is InChI=1S/C26H38O8S2/c27-22(28)11-3-1-5-15-35-17-7-9-19-13-14-21(25(31)32)24(26(33)34)20(19)10-8-18-36-16-6-2-4-12-23(29)30/h13-14H,1-12,15-18H2,(H,27,28)(H,29,30)(H,31,32)(H,33,34). The Morgan fingerprint density at radius 2 is 1.08 bits per heavy atom. The normalized spacial score (nSPS) is 10.9. The smallest absolute Gasteiger partial charge is 0.336 e. The van der Waals surface area contributed by atoms with Crippen LogP contribution in [-0.2, 0) is 22.4 Å². The number of unbranched alkanes of at least 4 members (excludes halogenated alkanes) is 4. The summed E-state index contributed by atoms with van der Waals surface area (Å²) in [6.45, 7) is 0. The number of hydrogen-bond acceptors (Lipinski definition) is 6. The number of carboxylic acids is 4. The summed E-state index contributed by atoms with van der Waals surface area (Å²) in [5, 5.41) is 36.6. The zero-order chi connectivity index (χ0) is 26.8. The Kier molecular flexibility index (Phi) is 16.8. The number of benzene rings is 1. The summed E-state index contributed by atoms with van der Waals surface area (Å²) in [6.07, 6.45) is 8.20. The first-order valence-electron chi connectivity index (χ1n) is 12.4. The van der Waals surface area contributed by atoms with Crippen molar-refractivity contribution in [3.63, 3.8) is 0 Å². The number of aromatic carboxylic acids is 2. The molecule has 4 N–H and O–H groups in total. The molecule has 0 atom stereocenters. The lowest BCUT2D eigenvalue weighted by Crippen LogP contribution is -2.14. The first-order valence-corrected chi connectivity index (χ1v) is 14.7. The van der Waals surface area contributed by atoms with Gasteiger partial charge in [-0.15, -0.1) is 0 Å². The maximum Gasteiger partial charge on any atom is 0.336 e. The molecule has 0 fully saturated rings. The van der Waals surface area contributed by atoms with Gasteiger partial charge in [0.15, 0.2) is 0 Å². The largest absolute Gasteiger partial charge is 0.481 e. The Morgan fingerprint density at radius 3 is 1.56 bits per heavy atom. The number of aliphatic carboxylic acids is 2. The zero-order valence-corrected chi connectivity index (χ0v) is 22.3. The second-order valence-electron chi connectivity index (χ2n) is 8.58. The van der Waals surface area contributed by atoms with Gasteiger partial charge in [-0.05, 0) is 91.6 Å². The zero-order valence-electron chi connectivity index (χ0n) is 20.7. The molecule has 0 aliphatic carbocycles. The lowest BCUT2D eigenvalue weighted by molar-refractivity contribution is -0.138. The van der Waals surface area contributed by atoms with Crippen molar-refractivity contribution in [1.29, 1.82) is 0 Å². The number of rotatable bonds is 22. The van der Waals surface area contributed by atoms with Crippen LogP contribution < -0.4 is 0 Å². The highest BCUT2D eigenvalue weighted by Gasteiger charge is 2.22. The van der Waals surface area contributed by atoms with E-state index in [2.05, 4.69) is 0 Å². The third kappa shape index (κ3) is 13.8. The monoisotopic (exact) mass is 542 g/mol. The fourth-order valence-corrected chi connectivity index (χ4v) is 5.79. The molecule has 0 saturated heterocycles. The first-order chi connectivity index (χ1) is 17.2. The summed E-state index contributed by atoms with van der Waals surface area (Å²) < 4.78 is 0. The van der Waals surface area contributed by atoms with Crippen LogP contribution in [-0.4, -0.2) is 67.3 Å². The van der Waals surface area contributed by atoms with E-state index in [4.69, 9.17) is 10.2 Å². The van der Waals surface area contributed by atoms with Gasteiger partial charge in [-0.3, -0.25) is 9.59 Å². The van der Waals surface area contributed by atoms with Crippen molar-refractivity contribution in [1.82, 2.24) is 0 Å². The van der Waals surface area contributed by atoms with E-state index in [9.17, 15) is 29.4 Å². The molecule has 0 aliphatic heterocycles. The second kappa shape index (κ2) is 19.0. The molecule has 0 aliphatic rings. The molecule has 1 rings (SSSR count). The van der Waals surface area contributed by atoms with E-state index in [0.29, 0.717) is 31.2 Å². The van der Waals surface area contributed by atoms with E-state index in [-0.39, 0.29) is 24.0 Å². The first kappa shape index (κ1) is 31.8. The summed E-state index contributed by atoms with van der Waals surface area (Å²) >= 11 is 3.54. The lowest BCUT2D eigenvalue weighted by Gasteiger charge is -2.15. The highest BCUT2D eigenvalue weighted by Crippen LogP contribution is 2.25. The van der Waals surface area contributed by atoms with E-state index in [1.807, 2.05) is 0 Å². The van der Waals surface area contributed by atoms with Crippen LogP contribution in [0.1, 0.15) is 96.1 Å². The van der Waals surface area contributed by atoms with Crippen molar-refractivity contribution >= 4 is 47.4 Å². The lowest BCUT2D eigenvalue weighted by atomic mass is 9.91. The van der Waals surface area contributed by atoms with Gasteiger partial charge in [-0.2, -0.15) is 23.5 Å². The molecule has 0 unspecified atom stereocenters. The highest BCUT2D eigenvalue weighted by atomic mass is 32.2. The van der Waals surface area contributed by atoms with Crippen LogP contribution in [0, 0.1) is 0 Å². The van der Waals surface area contributed by atoms with Crippen molar-refractivity contribution in [2.45, 2.75) is 77.0 Å². The number of carbonyl (C=O) groups is 4. The van der Waals surface area contributed by atoms with Crippen LogP contribution in [0.15, 0.2) is 12.1 Å². The molecule has 0 heterocycles. The number of aryl methyl sites for hydroxylation is 1. The molecule has 36 heavy (non-hydrogen) atoms. The fourth-order valence-electron chi connectivity index (χ4n) is 3.87. The minimum atomic E-state index is -1.24. The summed E-state index contributed by atoms with van der Waals surface area (Å²) in [5.41, 5.74) is 1.22. The topological polar surface area (TPSA) is 149 Å². The van der Waals surface area contributed by atoms with Crippen molar-refractivity contribution in [3.8, 4) is 0 Å². The predicted octanol–water partition coefficient (Wildman–Crippen LogP) is 5.70. The highest BCUT2D eigenvalue weighted by molar-refractivity contribution is 7.99. The van der Waals surface area contributed by atoms with Gasteiger partial charge in [-0.1, -0.05) is 18.9 Å². The molecule has 0 saturated carbocycles. The Morgan fingerprint density at radius 1 is 0.583 bits per heavy atom. The van der Waals surface area contributed by atoms with Crippen LogP contribution in [0.3, 0.4) is 0 Å². The summed E-state index contributed by atoms with van der Waals surface area (Å²) in [4.78, 5) is 44.7. The fraction of sp³-hybridized carbons (Fsp3) is 0.615. The summed E-state index contributed by atoms with van der Waals surface area (Å²) in [5.74, 6) is -0.395. The van der Waals surface area contributed by atoms with E-state index in [1.54, 1.807) is 29.6 Å². The predicted molar refractivity (Wildman–Crippen MR) is 144 cm³/mol. The van der Waals surface area contributed by atoms with Crippen molar-refractivity contribution in [2.24, 2.45) is 0 Å². The Balaban J connectivity index is 2.57. The van der Waals surface area contributed by atoms with Crippen LogP contribution in [0.4, 0.5) is 0 Å². The quantitative estimate of drug-likeness (QED) is 0.134. The van der Waals surface area contributed by atoms with E-state index in [0.717, 1.165) is 67.1 Å². The van der Waals surface area contributed by atoms with Crippen molar-refractivity contribution < 1.29 is 39.6 Å². The third-order valence-corrected chi connectivity index (χ3v) is 7.97. The van der Waals surface area contributed by atoms with Gasteiger partial charge < -0.3 is 20.4 Å². The maximum absolute atomic E-state index is 12.0. The molecule has 0 aromatic heterocycles. The van der Waals surface area contributed by atoms with Gasteiger partial charge in [0.2, 0.25) is 0 Å². The van der Waals surface area contributed by atoms with E-state index < -0.39 is 23.9 Å². The van der Waals surface area contributed by atoms with Gasteiger partial charge >= 0.3 is 23.9 Å². The van der Waals surface area contributed by atoms with E-state index in [1.165, 1.54) is 6.07 Å². The SMILES string of the molecule is O=C(O)CCCCCSCCCc1ccc(C(=O)O)c(C(=O)O)c1CCCSCCCCCC(=O)O. The Labute approximate surface area is 221 Å². The number of thioether (sulfide) groups is 2. The Hall–Kier alpha value is -2.20. The number of carboxylic acid groups (broad SMARTS) is 4. The molecule has 8 nitrogen and oxygen atoms in total. The molecule has 0 radical (unpaired) electrons. The second-order valence-corrected chi connectivity index (χ2v) is 11.0. The number of hydrogen-bond donors (Lipinski definition) is 4. The minimum Gasteiger partial charge on any atom is -0.481 e. The minimum absolute atomic E-state index is 0.107. The average Bonchev–Trinajstić information content (AvgIpc) is 2.81. The molecule has 10 heteroatoms. The van der Waals surface area contributed by atoms with Crippen LogP contribution >= 0.6 is 23.5 Å². The van der Waals surface area contributed by atoms with Gasteiger partial charge in [-0.25, -0.2) is 9.59 Å². The van der Waals surface area contributed by atoms with Crippen molar-refractivity contribution in [3.05, 3.63) is 34.4 Å². The molecule has 0 amide bonds.